The SMILES string of the molecule is CCCCCCc1ccc(/C=C/c2cc3sc4cc(-c5cc6sc7cc(/C=C/c8ccc(CCCCCC)cc8-c8cc(/C=C/c9ccc%10cc(-c%11cc%12ccc(/C=C/c%13ccc(C)cc%13)cc%12s%11)sc%10c9)ccc8C)sc7c6s5)sc4c3s2)cc1. The standard InChI is InChI=1S/C78H66S8/c1-5-7-9-11-13-51-21-23-53(24-22-51)32-37-61-45-71-75(79-61)77-73(83-71)47-69(85-77)70-48-74-78(86-70)76-72(84-74)46-62(80-76)38-36-58-33-29-54(14-12-10-8-6-2)40-64(58)63-39-55(20-17-50(63)4)27-28-57-31-35-60-44-68(82-66(60)42-57)67-43-59-34-30-56(41-65(59)81-67)26-25-52-18-15-49(3)16-19-52/h15-48H,5-14H2,1-4H3/b26-25+,28-27+,37-32+,38-36+. The molecule has 0 amide bonds. The predicted octanol–water partition coefficient (Wildman–Crippen LogP) is 27.6. The topological polar surface area (TPSA) is 0 Å². The van der Waals surface area contributed by atoms with E-state index in [1.54, 1.807) is 0 Å². The molecule has 426 valence electrons. The molecule has 8 heterocycles. The largest absolute Gasteiger partial charge is 0.134 e. The minimum absolute atomic E-state index is 1.11. The molecule has 14 rings (SSSR count). The predicted molar refractivity (Wildman–Crippen MR) is 397 cm³/mol. The van der Waals surface area contributed by atoms with Crippen LogP contribution in [0.1, 0.15) is 131 Å². The number of aryl methyl sites for hydroxylation is 4. The van der Waals surface area contributed by atoms with Gasteiger partial charge in [-0.2, -0.15) is 0 Å². The van der Waals surface area contributed by atoms with E-state index in [1.807, 2.05) is 90.7 Å². The maximum absolute atomic E-state index is 2.48. The number of fused-ring (bicyclic) bond motifs is 8. The Morgan fingerprint density at radius 3 is 1.34 bits per heavy atom. The molecule has 8 aromatic heterocycles. The first-order chi connectivity index (χ1) is 42.2. The van der Waals surface area contributed by atoms with Gasteiger partial charge in [-0.1, -0.05) is 198 Å². The van der Waals surface area contributed by atoms with Crippen LogP contribution in [0, 0.1) is 13.8 Å². The number of hydrogen-bond donors (Lipinski definition) is 0. The van der Waals surface area contributed by atoms with Gasteiger partial charge < -0.3 is 0 Å². The Balaban J connectivity index is 0.682. The molecule has 0 nitrogen and oxygen atoms in total. The van der Waals surface area contributed by atoms with E-state index in [-0.39, 0.29) is 0 Å². The third kappa shape index (κ3) is 12.6. The molecule has 8 heteroatoms. The van der Waals surface area contributed by atoms with E-state index in [9.17, 15) is 0 Å². The first kappa shape index (κ1) is 57.2. The average molecular weight is 1260 g/mol. The zero-order valence-electron chi connectivity index (χ0n) is 49.0. The lowest BCUT2D eigenvalue weighted by atomic mass is 9.91. The van der Waals surface area contributed by atoms with E-state index in [2.05, 4.69) is 234 Å². The number of unbranched alkanes of at least 4 members (excludes halogenated alkanes) is 6. The number of benzene rings is 6. The lowest BCUT2D eigenvalue weighted by Crippen LogP contribution is -1.93. The summed E-state index contributed by atoms with van der Waals surface area (Å²) in [6.45, 7) is 8.98. The lowest BCUT2D eigenvalue weighted by Gasteiger charge is -2.14. The van der Waals surface area contributed by atoms with Gasteiger partial charge >= 0.3 is 0 Å². The maximum Gasteiger partial charge on any atom is 0.0636 e. The minimum Gasteiger partial charge on any atom is -0.134 e. The van der Waals surface area contributed by atoms with E-state index in [0.29, 0.717) is 0 Å². The van der Waals surface area contributed by atoms with Crippen molar-refractivity contribution in [3.63, 3.8) is 0 Å². The molecular weight excluding hydrogens is 1190 g/mol. The second-order valence-corrected chi connectivity index (χ2v) is 31.5. The van der Waals surface area contributed by atoms with Gasteiger partial charge in [0.25, 0.3) is 0 Å². The van der Waals surface area contributed by atoms with Crippen LogP contribution in [0.3, 0.4) is 0 Å². The van der Waals surface area contributed by atoms with Crippen molar-refractivity contribution in [2.75, 3.05) is 0 Å². The van der Waals surface area contributed by atoms with Crippen molar-refractivity contribution in [1.29, 1.82) is 0 Å². The summed E-state index contributed by atoms with van der Waals surface area (Å²) in [5, 5.41) is 2.59. The number of rotatable bonds is 21. The molecule has 0 aliphatic rings. The third-order valence-electron chi connectivity index (χ3n) is 16.4. The van der Waals surface area contributed by atoms with Gasteiger partial charge in [0.2, 0.25) is 0 Å². The van der Waals surface area contributed by atoms with Crippen molar-refractivity contribution in [2.24, 2.45) is 0 Å². The van der Waals surface area contributed by atoms with Crippen LogP contribution >= 0.6 is 90.7 Å². The fourth-order valence-electron chi connectivity index (χ4n) is 11.6. The summed E-state index contributed by atoms with van der Waals surface area (Å²) in [6.07, 6.45) is 30.9. The zero-order chi connectivity index (χ0) is 58.1. The fraction of sp³-hybridized carbons (Fsp3) is 0.179. The highest BCUT2D eigenvalue weighted by Crippen LogP contribution is 2.51. The normalized spacial score (nSPS) is 12.5. The van der Waals surface area contributed by atoms with Gasteiger partial charge in [0.05, 0.1) is 18.8 Å². The first-order valence-electron chi connectivity index (χ1n) is 30.3. The van der Waals surface area contributed by atoms with Crippen LogP contribution in [-0.2, 0) is 12.8 Å². The van der Waals surface area contributed by atoms with Gasteiger partial charge in [-0.25, -0.2) is 0 Å². The molecule has 0 spiro atoms. The minimum atomic E-state index is 1.11. The van der Waals surface area contributed by atoms with Gasteiger partial charge in [-0.3, -0.25) is 0 Å². The van der Waals surface area contributed by atoms with Crippen molar-refractivity contribution in [1.82, 2.24) is 0 Å². The second kappa shape index (κ2) is 25.6. The maximum atomic E-state index is 2.48. The lowest BCUT2D eigenvalue weighted by molar-refractivity contribution is 0.667. The molecule has 0 bridgehead atoms. The molecule has 86 heavy (non-hydrogen) atoms. The Labute approximate surface area is 537 Å². The molecule has 0 atom stereocenters. The molecule has 0 N–H and O–H groups in total. The highest BCUT2D eigenvalue weighted by Gasteiger charge is 2.19. The van der Waals surface area contributed by atoms with Gasteiger partial charge in [0, 0.05) is 57.5 Å². The Hall–Kier alpha value is -6.56. The molecule has 0 fully saturated rings. The average Bonchev–Trinajstić information content (AvgIpc) is 2.02. The highest BCUT2D eigenvalue weighted by atomic mass is 32.1. The Kier molecular flexibility index (Phi) is 17.1. The Morgan fingerprint density at radius 2 is 0.756 bits per heavy atom. The summed E-state index contributed by atoms with van der Waals surface area (Å²) in [6, 6.07) is 60.2. The van der Waals surface area contributed by atoms with E-state index >= 15 is 0 Å². The third-order valence-corrected chi connectivity index (χ3v) is 26.5. The van der Waals surface area contributed by atoms with Crippen LogP contribution in [0.5, 0.6) is 0 Å². The van der Waals surface area contributed by atoms with Crippen molar-refractivity contribution in [2.45, 2.75) is 91.9 Å². The molecule has 14 aromatic rings. The van der Waals surface area contributed by atoms with Crippen LogP contribution in [0.4, 0.5) is 0 Å². The van der Waals surface area contributed by atoms with Crippen molar-refractivity contribution < 1.29 is 0 Å². The van der Waals surface area contributed by atoms with Crippen molar-refractivity contribution >= 4 is 197 Å². The molecule has 6 aromatic carbocycles. The molecule has 0 aliphatic heterocycles. The molecule has 0 aliphatic carbocycles. The first-order valence-corrected chi connectivity index (χ1v) is 36.9. The Bertz CT molecular complexity index is 4860. The van der Waals surface area contributed by atoms with Crippen LogP contribution in [0.25, 0.3) is 137 Å². The highest BCUT2D eigenvalue weighted by molar-refractivity contribution is 7.42. The smallest absolute Gasteiger partial charge is 0.0636 e. The molecule has 0 saturated carbocycles. The van der Waals surface area contributed by atoms with E-state index < -0.39 is 0 Å². The van der Waals surface area contributed by atoms with Gasteiger partial charge in [-0.15, -0.1) is 90.7 Å². The molecule has 0 unspecified atom stereocenters. The summed E-state index contributed by atoms with van der Waals surface area (Å²) < 4.78 is 14.0. The molecular formula is C78H66S8. The quantitative estimate of drug-likeness (QED) is 0.0497. The fourth-order valence-corrected chi connectivity index (χ4v) is 21.8. The molecule has 0 saturated heterocycles. The summed E-state index contributed by atoms with van der Waals surface area (Å²) in [7, 11) is 0. The van der Waals surface area contributed by atoms with Gasteiger partial charge in [0.1, 0.15) is 0 Å². The van der Waals surface area contributed by atoms with Crippen molar-refractivity contribution in [3.8, 4) is 30.6 Å². The van der Waals surface area contributed by atoms with Crippen LogP contribution in [0.15, 0.2) is 158 Å². The van der Waals surface area contributed by atoms with Crippen LogP contribution < -0.4 is 0 Å². The van der Waals surface area contributed by atoms with E-state index in [4.69, 9.17) is 0 Å². The summed E-state index contributed by atoms with van der Waals surface area (Å²) in [5.74, 6) is 0. The zero-order valence-corrected chi connectivity index (χ0v) is 55.5. The van der Waals surface area contributed by atoms with E-state index in [0.717, 1.165) is 6.42 Å². The summed E-state index contributed by atoms with van der Waals surface area (Å²) in [5.41, 5.74) is 15.5. The molecule has 0 radical (unpaired) electrons. The second-order valence-electron chi connectivity index (χ2n) is 22.9. The summed E-state index contributed by atoms with van der Waals surface area (Å²) >= 11 is 15.5. The van der Waals surface area contributed by atoms with Gasteiger partial charge in [0.15, 0.2) is 0 Å². The Morgan fingerprint density at radius 1 is 0.302 bits per heavy atom. The number of hydrogen-bond acceptors (Lipinski definition) is 8. The van der Waals surface area contributed by atoms with Crippen molar-refractivity contribution in [3.05, 3.63) is 223 Å². The van der Waals surface area contributed by atoms with Crippen LogP contribution in [0.2, 0.25) is 0 Å². The summed E-state index contributed by atoms with van der Waals surface area (Å²) in [4.78, 5) is 8.05. The number of thiophene rings is 8. The monoisotopic (exact) mass is 1260 g/mol. The van der Waals surface area contributed by atoms with Gasteiger partial charge in [-0.05, 0) is 178 Å². The van der Waals surface area contributed by atoms with Crippen LogP contribution in [-0.4, -0.2) is 0 Å². The van der Waals surface area contributed by atoms with E-state index in [1.165, 1.54) is 212 Å².